The number of aromatic nitrogens is 2. The summed E-state index contributed by atoms with van der Waals surface area (Å²) in [5.41, 5.74) is 2.22. The monoisotopic (exact) mass is 432 g/mol. The number of hydrogen-bond acceptors (Lipinski definition) is 6. The van der Waals surface area contributed by atoms with Gasteiger partial charge in [-0.1, -0.05) is 12.1 Å². The molecule has 2 aliphatic heterocycles. The number of aromatic amines is 1. The van der Waals surface area contributed by atoms with E-state index in [0.717, 1.165) is 49.7 Å². The first-order chi connectivity index (χ1) is 14.3. The number of methoxy groups -OCH3 is 1. The average molecular weight is 433 g/mol. The molecule has 2 aliphatic rings. The van der Waals surface area contributed by atoms with Crippen LogP contribution in [0, 0.1) is 0 Å². The van der Waals surface area contributed by atoms with Crippen LogP contribution in [0.4, 0.5) is 0 Å². The number of benzene rings is 1. The number of piperidine rings is 1. The Balaban J connectivity index is 1.48. The maximum atomic E-state index is 12.7. The van der Waals surface area contributed by atoms with E-state index < -0.39 is 10.0 Å². The Hall–Kier alpha value is -2.23. The number of hydrogen-bond donors (Lipinski definition) is 1. The highest BCUT2D eigenvalue weighted by Crippen LogP contribution is 2.27. The van der Waals surface area contributed by atoms with Crippen molar-refractivity contribution >= 4 is 10.0 Å². The molecule has 0 spiro atoms. The van der Waals surface area contributed by atoms with Crippen LogP contribution >= 0.6 is 0 Å². The second kappa shape index (κ2) is 8.49. The van der Waals surface area contributed by atoms with E-state index in [2.05, 4.69) is 22.0 Å². The lowest BCUT2D eigenvalue weighted by molar-refractivity contribution is 0.196. The summed E-state index contributed by atoms with van der Waals surface area (Å²) in [7, 11) is -1.66. The van der Waals surface area contributed by atoms with Crippen LogP contribution in [0.2, 0.25) is 0 Å². The number of nitrogens with zero attached hydrogens (tertiary/aromatic N) is 3. The van der Waals surface area contributed by atoms with Crippen LogP contribution in [0.5, 0.6) is 5.75 Å². The zero-order valence-corrected chi connectivity index (χ0v) is 18.2. The first-order valence-corrected chi connectivity index (χ1v) is 12.1. The van der Waals surface area contributed by atoms with Gasteiger partial charge in [0.05, 0.1) is 24.6 Å². The van der Waals surface area contributed by atoms with Gasteiger partial charge >= 0.3 is 0 Å². The van der Waals surface area contributed by atoms with Gasteiger partial charge in [0.2, 0.25) is 10.0 Å². The van der Waals surface area contributed by atoms with Gasteiger partial charge in [-0.25, -0.2) is 13.4 Å². The number of nitrogens with one attached hydrogen (secondary N) is 1. The zero-order valence-electron chi connectivity index (χ0n) is 17.4. The Kier molecular flexibility index (Phi) is 5.95. The van der Waals surface area contributed by atoms with Crippen LogP contribution in [0.15, 0.2) is 29.1 Å². The van der Waals surface area contributed by atoms with Gasteiger partial charge in [-0.2, -0.15) is 4.31 Å². The summed E-state index contributed by atoms with van der Waals surface area (Å²) in [6.45, 7) is 3.17. The Labute approximate surface area is 176 Å². The summed E-state index contributed by atoms with van der Waals surface area (Å²) in [6, 6.07) is 8.10. The molecule has 0 saturated carbocycles. The lowest BCUT2D eigenvalue weighted by Crippen LogP contribution is -2.40. The van der Waals surface area contributed by atoms with Gasteiger partial charge < -0.3 is 9.72 Å². The molecule has 1 aromatic carbocycles. The molecule has 0 radical (unpaired) electrons. The fourth-order valence-electron chi connectivity index (χ4n) is 4.31. The first kappa shape index (κ1) is 21.0. The van der Waals surface area contributed by atoms with Crippen molar-refractivity contribution in [3.05, 3.63) is 57.3 Å². The molecule has 1 fully saturated rings. The highest BCUT2D eigenvalue weighted by Gasteiger charge is 2.29. The fourth-order valence-corrected chi connectivity index (χ4v) is 5.09. The van der Waals surface area contributed by atoms with Crippen LogP contribution in [0.3, 0.4) is 0 Å². The minimum Gasteiger partial charge on any atom is -0.497 e. The van der Waals surface area contributed by atoms with E-state index in [1.165, 1.54) is 16.1 Å². The molecule has 4 rings (SSSR count). The van der Waals surface area contributed by atoms with E-state index in [9.17, 15) is 13.2 Å². The third-order valence-corrected chi connectivity index (χ3v) is 7.23. The number of H-pyrrole nitrogens is 1. The molecule has 162 valence electrons. The number of sulfonamides is 1. The molecular weight excluding hydrogens is 404 g/mol. The summed E-state index contributed by atoms with van der Waals surface area (Å²) in [4.78, 5) is 22.8. The van der Waals surface area contributed by atoms with Crippen LogP contribution in [-0.2, 0) is 29.5 Å². The number of fused-ring (bicyclic) bond motifs is 1. The molecular formula is C21H28N4O4S. The van der Waals surface area contributed by atoms with Crippen molar-refractivity contribution in [2.45, 2.75) is 38.3 Å². The first-order valence-electron chi connectivity index (χ1n) is 10.3. The van der Waals surface area contributed by atoms with Gasteiger partial charge in [0.1, 0.15) is 11.6 Å². The summed E-state index contributed by atoms with van der Waals surface area (Å²) in [5.74, 6) is 1.74. The molecule has 30 heavy (non-hydrogen) atoms. The standard InChI is InChI=1S/C21H28N4O4S/c1-29-17-7-5-15(6-8-17)12-24-10-3-4-16(13-24)20-22-19-9-11-25(30(2,27)28)14-18(19)21(26)23-20/h5-8,16H,3-4,9-14H2,1-2H3,(H,22,23,26)/t16-/m1/s1. The highest BCUT2D eigenvalue weighted by atomic mass is 32.2. The van der Waals surface area contributed by atoms with Crippen molar-refractivity contribution in [3.63, 3.8) is 0 Å². The van der Waals surface area contributed by atoms with E-state index in [-0.39, 0.29) is 18.0 Å². The highest BCUT2D eigenvalue weighted by molar-refractivity contribution is 7.88. The van der Waals surface area contributed by atoms with Crippen molar-refractivity contribution in [2.75, 3.05) is 33.0 Å². The number of ether oxygens (including phenoxy) is 1. The molecule has 0 bridgehead atoms. The van der Waals surface area contributed by atoms with Gasteiger partial charge in [-0.05, 0) is 37.1 Å². The van der Waals surface area contributed by atoms with Gasteiger partial charge in [0.15, 0.2) is 0 Å². The molecule has 0 amide bonds. The molecule has 1 N–H and O–H groups in total. The number of rotatable bonds is 5. The molecule has 0 unspecified atom stereocenters. The molecule has 3 heterocycles. The second-order valence-corrected chi connectivity index (χ2v) is 10.1. The largest absolute Gasteiger partial charge is 0.497 e. The summed E-state index contributed by atoms with van der Waals surface area (Å²) >= 11 is 0. The second-order valence-electron chi connectivity index (χ2n) is 8.15. The number of likely N-dealkylation sites (tertiary alicyclic amines) is 1. The lowest BCUT2D eigenvalue weighted by atomic mass is 9.96. The third-order valence-electron chi connectivity index (χ3n) is 5.98. The van der Waals surface area contributed by atoms with Crippen molar-refractivity contribution in [2.24, 2.45) is 0 Å². The van der Waals surface area contributed by atoms with Gasteiger partial charge in [-0.15, -0.1) is 0 Å². The van der Waals surface area contributed by atoms with Gasteiger partial charge in [0.25, 0.3) is 5.56 Å². The van der Waals surface area contributed by atoms with Crippen LogP contribution in [0.25, 0.3) is 0 Å². The third kappa shape index (κ3) is 4.58. The summed E-state index contributed by atoms with van der Waals surface area (Å²) in [5, 5.41) is 0. The molecule has 8 nitrogen and oxygen atoms in total. The molecule has 9 heteroatoms. The Morgan fingerprint density at radius 3 is 2.70 bits per heavy atom. The van der Waals surface area contributed by atoms with Crippen molar-refractivity contribution < 1.29 is 13.2 Å². The van der Waals surface area contributed by atoms with Crippen LogP contribution < -0.4 is 10.3 Å². The maximum absolute atomic E-state index is 12.7. The van der Waals surface area contributed by atoms with E-state index >= 15 is 0 Å². The Morgan fingerprint density at radius 2 is 2.00 bits per heavy atom. The van der Waals surface area contributed by atoms with Crippen LogP contribution in [-0.4, -0.2) is 60.6 Å². The molecule has 2 aromatic rings. The van der Waals surface area contributed by atoms with Crippen molar-refractivity contribution in [1.29, 1.82) is 0 Å². The molecule has 1 atom stereocenters. The van der Waals surface area contributed by atoms with E-state index in [1.807, 2.05) is 12.1 Å². The Bertz CT molecular complexity index is 1070. The van der Waals surface area contributed by atoms with E-state index in [4.69, 9.17) is 9.72 Å². The van der Waals surface area contributed by atoms with E-state index in [0.29, 0.717) is 18.5 Å². The minimum absolute atomic E-state index is 0.102. The SMILES string of the molecule is COc1ccc(CN2CCC[C@@H](c3nc4c(c(=O)[nH]3)CN(S(C)(=O)=O)CC4)C2)cc1. The zero-order chi connectivity index (χ0) is 21.3. The summed E-state index contributed by atoms with van der Waals surface area (Å²) in [6.07, 6.45) is 3.68. The molecule has 0 aliphatic carbocycles. The predicted octanol–water partition coefficient (Wildman–Crippen LogP) is 1.48. The fraction of sp³-hybridized carbons (Fsp3) is 0.524. The van der Waals surface area contributed by atoms with Gasteiger partial charge in [-0.3, -0.25) is 9.69 Å². The smallest absolute Gasteiger partial charge is 0.255 e. The quantitative estimate of drug-likeness (QED) is 0.769. The molecule has 1 aromatic heterocycles. The topological polar surface area (TPSA) is 95.6 Å². The minimum atomic E-state index is -3.32. The summed E-state index contributed by atoms with van der Waals surface area (Å²) < 4.78 is 30.2. The maximum Gasteiger partial charge on any atom is 0.255 e. The van der Waals surface area contributed by atoms with E-state index in [1.54, 1.807) is 7.11 Å². The van der Waals surface area contributed by atoms with Gasteiger partial charge in [0, 0.05) is 38.5 Å². The van der Waals surface area contributed by atoms with Crippen molar-refractivity contribution in [3.8, 4) is 5.75 Å². The lowest BCUT2D eigenvalue weighted by Gasteiger charge is -2.33. The molecule has 1 saturated heterocycles. The van der Waals surface area contributed by atoms with Crippen molar-refractivity contribution in [1.82, 2.24) is 19.2 Å². The van der Waals surface area contributed by atoms with Crippen LogP contribution in [0.1, 0.15) is 41.4 Å². The average Bonchev–Trinajstić information content (AvgIpc) is 2.73. The predicted molar refractivity (Wildman–Crippen MR) is 114 cm³/mol. The Morgan fingerprint density at radius 1 is 1.23 bits per heavy atom. The normalized spacial score (nSPS) is 20.7.